The minimum atomic E-state index is -0.930. The number of carbonyl (C=O) groups is 2. The van der Waals surface area contributed by atoms with E-state index in [0.717, 1.165) is 10.0 Å². The molecule has 0 saturated heterocycles. The lowest BCUT2D eigenvalue weighted by Gasteiger charge is -2.15. The molecule has 0 radical (unpaired) electrons. The molecule has 0 aliphatic heterocycles. The van der Waals surface area contributed by atoms with Crippen LogP contribution in [0.3, 0.4) is 0 Å². The van der Waals surface area contributed by atoms with Crippen LogP contribution in [0.1, 0.15) is 18.4 Å². The summed E-state index contributed by atoms with van der Waals surface area (Å²) in [6.45, 7) is 0.397. The summed E-state index contributed by atoms with van der Waals surface area (Å²) in [6, 6.07) is 11.0. The van der Waals surface area contributed by atoms with Crippen molar-refractivity contribution in [2.45, 2.75) is 19.4 Å². The van der Waals surface area contributed by atoms with Gasteiger partial charge in [-0.15, -0.1) is 0 Å². The molecule has 1 saturated carbocycles. The first-order chi connectivity index (χ1) is 11.1. The summed E-state index contributed by atoms with van der Waals surface area (Å²) in [7, 11) is 0. The smallest absolute Gasteiger partial charge is 0.240 e. The van der Waals surface area contributed by atoms with E-state index in [2.05, 4.69) is 31.5 Å². The van der Waals surface area contributed by atoms with E-state index in [0.29, 0.717) is 25.1 Å². The van der Waals surface area contributed by atoms with Crippen LogP contribution in [0.4, 0.5) is 5.69 Å². The summed E-state index contributed by atoms with van der Waals surface area (Å²) in [5.74, 6) is -0.462. The van der Waals surface area contributed by atoms with Crippen LogP contribution in [0, 0.1) is 5.41 Å². The van der Waals surface area contributed by atoms with Gasteiger partial charge < -0.3 is 10.6 Å². The lowest BCUT2D eigenvalue weighted by atomic mass is 10.0. The first-order valence-corrected chi connectivity index (χ1v) is 8.14. The Morgan fingerprint density at radius 3 is 2.30 bits per heavy atom. The molecule has 6 heteroatoms. The van der Waals surface area contributed by atoms with E-state index in [9.17, 15) is 9.59 Å². The summed E-state index contributed by atoms with van der Waals surface area (Å²) in [5.41, 5.74) is 0.712. The molecule has 0 bridgehead atoms. The van der Waals surface area contributed by atoms with E-state index in [4.69, 9.17) is 0 Å². The Kier molecular flexibility index (Phi) is 4.43. The largest absolute Gasteiger partial charge is 0.351 e. The number of hydrogen-bond donors (Lipinski definition) is 2. The fourth-order valence-electron chi connectivity index (χ4n) is 2.32. The predicted octanol–water partition coefficient (Wildman–Crippen LogP) is 2.88. The molecule has 0 unspecified atom stereocenters. The van der Waals surface area contributed by atoms with Gasteiger partial charge in [0.15, 0.2) is 0 Å². The summed E-state index contributed by atoms with van der Waals surface area (Å²) >= 11 is 3.35. The van der Waals surface area contributed by atoms with E-state index >= 15 is 0 Å². The van der Waals surface area contributed by atoms with Crippen LogP contribution in [0.25, 0.3) is 0 Å². The van der Waals surface area contributed by atoms with Crippen molar-refractivity contribution in [2.24, 2.45) is 5.41 Å². The first kappa shape index (κ1) is 15.7. The monoisotopic (exact) mass is 373 g/mol. The number of halogens is 1. The minimum Gasteiger partial charge on any atom is -0.351 e. The zero-order valence-electron chi connectivity index (χ0n) is 12.4. The Hall–Kier alpha value is -2.21. The molecule has 2 amide bonds. The van der Waals surface area contributed by atoms with Crippen molar-refractivity contribution in [3.05, 3.63) is 58.8 Å². The Bertz CT molecular complexity index is 712. The molecule has 0 spiro atoms. The Morgan fingerprint density at radius 2 is 1.70 bits per heavy atom. The number of hydrogen-bond acceptors (Lipinski definition) is 3. The fourth-order valence-corrected chi connectivity index (χ4v) is 2.58. The van der Waals surface area contributed by atoms with Crippen molar-refractivity contribution in [1.29, 1.82) is 0 Å². The molecule has 118 valence electrons. The highest BCUT2D eigenvalue weighted by atomic mass is 79.9. The number of benzene rings is 1. The summed E-state index contributed by atoms with van der Waals surface area (Å²) in [4.78, 5) is 28.8. The van der Waals surface area contributed by atoms with Crippen LogP contribution in [0.5, 0.6) is 0 Å². The average molecular weight is 374 g/mol. The number of aromatic nitrogens is 1. The number of nitrogens with one attached hydrogen (secondary N) is 2. The minimum absolute atomic E-state index is 0.219. The van der Waals surface area contributed by atoms with Crippen molar-refractivity contribution in [3.8, 4) is 0 Å². The van der Waals surface area contributed by atoms with Gasteiger partial charge in [-0.3, -0.25) is 14.6 Å². The molecule has 1 heterocycles. The molecule has 0 atom stereocenters. The zero-order chi connectivity index (χ0) is 16.3. The molecule has 1 aliphatic rings. The van der Waals surface area contributed by atoms with E-state index < -0.39 is 5.41 Å². The number of nitrogens with zero attached hydrogens (tertiary/aromatic N) is 1. The molecule has 1 aromatic heterocycles. The van der Waals surface area contributed by atoms with Crippen LogP contribution in [0.2, 0.25) is 0 Å². The molecule has 1 fully saturated rings. The average Bonchev–Trinajstić information content (AvgIpc) is 3.38. The normalized spacial score (nSPS) is 14.8. The quantitative estimate of drug-likeness (QED) is 0.791. The lowest BCUT2D eigenvalue weighted by molar-refractivity contribution is -0.134. The van der Waals surface area contributed by atoms with Crippen molar-refractivity contribution < 1.29 is 9.59 Å². The molecular formula is C17H16BrN3O2. The van der Waals surface area contributed by atoms with E-state index in [-0.39, 0.29) is 11.8 Å². The fraction of sp³-hybridized carbons (Fsp3) is 0.235. The summed E-state index contributed by atoms with van der Waals surface area (Å²) < 4.78 is 0.937. The number of carbonyl (C=O) groups excluding carboxylic acids is 2. The van der Waals surface area contributed by atoms with Gasteiger partial charge in [0.25, 0.3) is 0 Å². The van der Waals surface area contributed by atoms with Crippen molar-refractivity contribution >= 4 is 33.4 Å². The molecular weight excluding hydrogens is 358 g/mol. The van der Waals surface area contributed by atoms with Gasteiger partial charge in [-0.2, -0.15) is 0 Å². The second-order valence-corrected chi connectivity index (χ2v) is 6.50. The Balaban J connectivity index is 1.60. The molecule has 2 aromatic rings. The second-order valence-electron chi connectivity index (χ2n) is 5.58. The third-order valence-electron chi connectivity index (χ3n) is 3.92. The van der Waals surface area contributed by atoms with E-state index in [1.807, 2.05) is 24.3 Å². The van der Waals surface area contributed by atoms with Gasteiger partial charge >= 0.3 is 0 Å². The zero-order valence-corrected chi connectivity index (χ0v) is 14.0. The van der Waals surface area contributed by atoms with E-state index in [1.54, 1.807) is 24.5 Å². The summed E-state index contributed by atoms with van der Waals surface area (Å²) in [5, 5.41) is 5.66. The number of pyridine rings is 1. The van der Waals surface area contributed by atoms with Crippen molar-refractivity contribution in [1.82, 2.24) is 10.3 Å². The van der Waals surface area contributed by atoms with Crippen molar-refractivity contribution in [3.63, 3.8) is 0 Å². The molecule has 3 rings (SSSR count). The van der Waals surface area contributed by atoms with Gasteiger partial charge in [-0.25, -0.2) is 0 Å². The van der Waals surface area contributed by atoms with Gasteiger partial charge in [-0.05, 0) is 54.8 Å². The highest BCUT2D eigenvalue weighted by Gasteiger charge is 2.56. The van der Waals surface area contributed by atoms with E-state index in [1.165, 1.54) is 0 Å². The third-order valence-corrected chi connectivity index (χ3v) is 4.45. The highest BCUT2D eigenvalue weighted by Crippen LogP contribution is 2.46. The van der Waals surface area contributed by atoms with Crippen LogP contribution in [-0.2, 0) is 16.1 Å². The standard InChI is InChI=1S/C17H16BrN3O2/c18-13-1-3-14(4-2-13)21-16(23)17(7-8-17)15(22)20-11-12-5-9-19-10-6-12/h1-6,9-10H,7-8,11H2,(H,20,22)(H,21,23). The first-order valence-electron chi connectivity index (χ1n) is 7.34. The molecule has 5 nitrogen and oxygen atoms in total. The van der Waals surface area contributed by atoms with Gasteiger partial charge in [0.05, 0.1) is 0 Å². The van der Waals surface area contributed by atoms with Gasteiger partial charge in [0.2, 0.25) is 11.8 Å². The topological polar surface area (TPSA) is 71.1 Å². The number of anilines is 1. The van der Waals surface area contributed by atoms with Crippen LogP contribution in [0.15, 0.2) is 53.3 Å². The van der Waals surface area contributed by atoms with Crippen molar-refractivity contribution in [2.75, 3.05) is 5.32 Å². The van der Waals surface area contributed by atoms with Crippen LogP contribution in [-0.4, -0.2) is 16.8 Å². The Labute approximate surface area is 142 Å². The summed E-state index contributed by atoms with van der Waals surface area (Å²) in [6.07, 6.45) is 4.51. The lowest BCUT2D eigenvalue weighted by Crippen LogP contribution is -2.39. The maximum atomic E-state index is 12.4. The van der Waals surface area contributed by atoms with Gasteiger partial charge in [0.1, 0.15) is 5.41 Å². The number of rotatable bonds is 5. The maximum Gasteiger partial charge on any atom is 0.240 e. The third kappa shape index (κ3) is 3.59. The SMILES string of the molecule is O=C(NCc1ccncc1)C1(C(=O)Nc2ccc(Br)cc2)CC1. The van der Waals surface area contributed by atoms with Gasteiger partial charge in [-0.1, -0.05) is 15.9 Å². The molecule has 1 aliphatic carbocycles. The molecule has 2 N–H and O–H groups in total. The van der Waals surface area contributed by atoms with Crippen LogP contribution < -0.4 is 10.6 Å². The highest BCUT2D eigenvalue weighted by molar-refractivity contribution is 9.10. The van der Waals surface area contributed by atoms with Crippen LogP contribution >= 0.6 is 15.9 Å². The Morgan fingerprint density at radius 1 is 1.04 bits per heavy atom. The molecule has 23 heavy (non-hydrogen) atoms. The predicted molar refractivity (Wildman–Crippen MR) is 90.5 cm³/mol. The molecule has 1 aromatic carbocycles. The maximum absolute atomic E-state index is 12.4. The second kappa shape index (κ2) is 6.50. The number of amides is 2. The van der Waals surface area contributed by atoms with Gasteiger partial charge in [0, 0.05) is 29.1 Å².